The lowest BCUT2D eigenvalue weighted by Gasteiger charge is -2.43. The lowest BCUT2D eigenvalue weighted by molar-refractivity contribution is 0.00902. The zero-order valence-corrected chi connectivity index (χ0v) is 28.6. The maximum absolute atomic E-state index is 12.5. The van der Waals surface area contributed by atoms with E-state index >= 15 is 0 Å². The SMILES string of the molecule is COc1cc(N2CCC(N3CCN(C(=O)OC(C)(C)C)CC3)CC2)ccc1Nc1ncc(Cl)c(Nc2ccccc2N(C)[SH]=O)n1. The number of halogens is 1. The summed E-state index contributed by atoms with van der Waals surface area (Å²) in [5.41, 5.74) is 2.77. The van der Waals surface area contributed by atoms with Crippen molar-refractivity contribution < 1.29 is 18.5 Å². The number of nitrogens with one attached hydrogen (secondary N) is 2. The van der Waals surface area contributed by atoms with Crippen LogP contribution >= 0.6 is 11.6 Å². The maximum atomic E-state index is 12.5. The van der Waals surface area contributed by atoms with Gasteiger partial charge in [0.05, 0.1) is 30.4 Å². The number of thiol groups is 1. The van der Waals surface area contributed by atoms with Gasteiger partial charge in [0.2, 0.25) is 5.95 Å². The zero-order valence-electron chi connectivity index (χ0n) is 27.0. The number of ether oxygens (including phenoxy) is 2. The van der Waals surface area contributed by atoms with Gasteiger partial charge in [-0.15, -0.1) is 0 Å². The number of piperazine rings is 1. The average molecular weight is 671 g/mol. The fourth-order valence-corrected chi connectivity index (χ4v) is 6.13. The van der Waals surface area contributed by atoms with Gasteiger partial charge in [0.15, 0.2) is 5.82 Å². The van der Waals surface area contributed by atoms with E-state index in [2.05, 4.69) is 36.5 Å². The van der Waals surface area contributed by atoms with E-state index in [1.807, 2.05) is 62.1 Å². The van der Waals surface area contributed by atoms with Crippen LogP contribution in [0.15, 0.2) is 48.7 Å². The van der Waals surface area contributed by atoms with Gasteiger partial charge < -0.3 is 29.9 Å². The first-order valence-corrected chi connectivity index (χ1v) is 16.6. The van der Waals surface area contributed by atoms with Crippen molar-refractivity contribution in [2.45, 2.75) is 45.3 Å². The molecule has 1 amide bonds. The van der Waals surface area contributed by atoms with Crippen LogP contribution in [-0.2, 0) is 16.6 Å². The Kier molecular flexibility index (Phi) is 10.7. The summed E-state index contributed by atoms with van der Waals surface area (Å²) in [6, 6.07) is 14.0. The molecule has 0 radical (unpaired) electrons. The Morgan fingerprint density at radius 2 is 1.74 bits per heavy atom. The molecule has 0 bridgehead atoms. The fourth-order valence-electron chi connectivity index (χ4n) is 5.73. The first-order valence-electron chi connectivity index (χ1n) is 15.4. The average Bonchev–Trinajstić information content (AvgIpc) is 3.05. The van der Waals surface area contributed by atoms with Crippen LogP contribution in [-0.4, -0.2) is 95.1 Å². The van der Waals surface area contributed by atoms with Crippen molar-refractivity contribution in [3.8, 4) is 5.75 Å². The molecule has 2 fully saturated rings. The van der Waals surface area contributed by atoms with E-state index in [9.17, 15) is 9.00 Å². The van der Waals surface area contributed by atoms with Crippen molar-refractivity contribution in [1.29, 1.82) is 0 Å². The van der Waals surface area contributed by atoms with Crippen LogP contribution in [0.5, 0.6) is 5.75 Å². The molecule has 0 spiro atoms. The topological polar surface area (TPSA) is 115 Å². The Morgan fingerprint density at radius 3 is 2.41 bits per heavy atom. The number of carbonyl (C=O) groups excluding carboxylic acids is 1. The Labute approximate surface area is 279 Å². The van der Waals surface area contributed by atoms with E-state index in [0.717, 1.165) is 56.1 Å². The number of rotatable bonds is 9. The lowest BCUT2D eigenvalue weighted by Crippen LogP contribution is -2.55. The highest BCUT2D eigenvalue weighted by molar-refractivity contribution is 7.67. The molecule has 14 heteroatoms. The largest absolute Gasteiger partial charge is 0.494 e. The second kappa shape index (κ2) is 14.7. The molecule has 3 aromatic rings. The third-order valence-electron chi connectivity index (χ3n) is 8.12. The van der Waals surface area contributed by atoms with Gasteiger partial charge in [-0.1, -0.05) is 23.7 Å². The predicted molar refractivity (Wildman–Crippen MR) is 186 cm³/mol. The van der Waals surface area contributed by atoms with Gasteiger partial charge in [0.1, 0.15) is 28.2 Å². The van der Waals surface area contributed by atoms with Crippen LogP contribution in [0, 0.1) is 0 Å². The fraction of sp³-hybridized carbons (Fsp3) is 0.469. The number of methoxy groups -OCH3 is 1. The first-order chi connectivity index (χ1) is 22.0. The molecular formula is C32H43ClN8O4S. The van der Waals surface area contributed by atoms with Gasteiger partial charge in [0.25, 0.3) is 0 Å². The summed E-state index contributed by atoms with van der Waals surface area (Å²) in [6.45, 7) is 10.7. The van der Waals surface area contributed by atoms with Gasteiger partial charge in [-0.3, -0.25) is 9.21 Å². The number of benzene rings is 2. The number of piperidine rings is 1. The Balaban J connectivity index is 1.19. The molecule has 2 aromatic carbocycles. The maximum Gasteiger partial charge on any atom is 0.410 e. The highest BCUT2D eigenvalue weighted by Gasteiger charge is 2.31. The standard InChI is InChI=1S/C32H43ClN8O4S/c1-32(2,3)45-31(42)41-18-16-40(17-19-41)22-12-14-39(15-13-22)23-10-11-26(28(20-23)44-5)36-30-34-21-24(33)29(37-30)35-25-8-6-7-9-27(25)38(4)46-43/h6-11,20-22,46H,12-19H2,1-5H3,(H2,34,35,36,37). The van der Waals surface area contributed by atoms with E-state index in [-0.39, 0.29) is 17.9 Å². The van der Waals surface area contributed by atoms with Gasteiger partial charge in [0, 0.05) is 64.1 Å². The molecule has 248 valence electrons. The van der Waals surface area contributed by atoms with Crippen molar-refractivity contribution in [3.63, 3.8) is 0 Å². The molecule has 46 heavy (non-hydrogen) atoms. The zero-order chi connectivity index (χ0) is 32.8. The number of hydrogen-bond acceptors (Lipinski definition) is 10. The molecule has 2 aliphatic heterocycles. The summed E-state index contributed by atoms with van der Waals surface area (Å²) in [4.78, 5) is 28.1. The van der Waals surface area contributed by atoms with Crippen LogP contribution in [0.3, 0.4) is 0 Å². The van der Waals surface area contributed by atoms with Crippen molar-refractivity contribution in [2.75, 3.05) is 73.3 Å². The number of amides is 1. The number of aromatic nitrogens is 2. The van der Waals surface area contributed by atoms with Crippen molar-refractivity contribution in [2.24, 2.45) is 0 Å². The van der Waals surface area contributed by atoms with Crippen molar-refractivity contribution in [1.82, 2.24) is 19.8 Å². The molecular weight excluding hydrogens is 628 g/mol. The molecule has 2 N–H and O–H groups in total. The molecule has 2 aliphatic rings. The third kappa shape index (κ3) is 8.31. The van der Waals surface area contributed by atoms with E-state index in [4.69, 9.17) is 21.1 Å². The Hall–Kier alpha value is -3.81. The van der Waals surface area contributed by atoms with E-state index in [1.165, 1.54) is 6.20 Å². The highest BCUT2D eigenvalue weighted by atomic mass is 35.5. The van der Waals surface area contributed by atoms with E-state index in [1.54, 1.807) is 18.5 Å². The van der Waals surface area contributed by atoms with Crippen molar-refractivity contribution in [3.05, 3.63) is 53.7 Å². The molecule has 0 unspecified atom stereocenters. The molecule has 3 heterocycles. The van der Waals surface area contributed by atoms with Crippen LogP contribution in [0.1, 0.15) is 33.6 Å². The molecule has 1 aromatic heterocycles. The van der Waals surface area contributed by atoms with Gasteiger partial charge in [-0.2, -0.15) is 4.98 Å². The number of nitrogens with zero attached hydrogens (tertiary/aromatic N) is 6. The minimum atomic E-state index is -0.479. The molecule has 0 atom stereocenters. The highest BCUT2D eigenvalue weighted by Crippen LogP contribution is 2.35. The monoisotopic (exact) mass is 670 g/mol. The minimum Gasteiger partial charge on any atom is -0.494 e. The normalized spacial score (nSPS) is 16.2. The summed E-state index contributed by atoms with van der Waals surface area (Å²) >= 11 is 6.30. The van der Waals surface area contributed by atoms with Crippen molar-refractivity contribution >= 4 is 64.1 Å². The van der Waals surface area contributed by atoms with Crippen LogP contribution in [0.25, 0.3) is 0 Å². The number of hydrogen-bond donors (Lipinski definition) is 3. The van der Waals surface area contributed by atoms with Crippen LogP contribution in [0.2, 0.25) is 5.02 Å². The molecule has 0 saturated carbocycles. The number of para-hydroxylation sites is 2. The number of anilines is 6. The smallest absolute Gasteiger partial charge is 0.410 e. The summed E-state index contributed by atoms with van der Waals surface area (Å²) in [5, 5.41) is 6.84. The van der Waals surface area contributed by atoms with Crippen LogP contribution in [0.4, 0.5) is 39.3 Å². The van der Waals surface area contributed by atoms with E-state index < -0.39 is 5.60 Å². The van der Waals surface area contributed by atoms with Gasteiger partial charge >= 0.3 is 6.09 Å². The Morgan fingerprint density at radius 1 is 1.02 bits per heavy atom. The van der Waals surface area contributed by atoms with E-state index in [0.29, 0.717) is 47.4 Å². The van der Waals surface area contributed by atoms with Gasteiger partial charge in [-0.05, 0) is 57.9 Å². The molecule has 0 aliphatic carbocycles. The quantitative estimate of drug-likeness (QED) is 0.254. The number of carbonyl (C=O) groups is 1. The summed E-state index contributed by atoms with van der Waals surface area (Å²) < 4.78 is 24.3. The molecule has 2 saturated heterocycles. The third-order valence-corrected chi connectivity index (χ3v) is 8.85. The minimum absolute atomic E-state index is 0.134. The second-order valence-corrected chi connectivity index (χ2v) is 13.5. The summed E-state index contributed by atoms with van der Waals surface area (Å²) in [5.74, 6) is 1.43. The molecule has 12 nitrogen and oxygen atoms in total. The molecule has 5 rings (SSSR count). The second-order valence-electron chi connectivity index (χ2n) is 12.4. The predicted octanol–water partition coefficient (Wildman–Crippen LogP) is 5.44. The Bertz CT molecular complexity index is 1520. The van der Waals surface area contributed by atoms with Crippen LogP contribution < -0.4 is 24.6 Å². The first kappa shape index (κ1) is 33.6. The lowest BCUT2D eigenvalue weighted by atomic mass is 10.0. The summed E-state index contributed by atoms with van der Waals surface area (Å²) in [6.07, 6.45) is 3.41. The van der Waals surface area contributed by atoms with Gasteiger partial charge in [-0.25, -0.2) is 14.0 Å². The summed E-state index contributed by atoms with van der Waals surface area (Å²) in [7, 11) is 3.37.